The van der Waals surface area contributed by atoms with Crippen molar-refractivity contribution in [3.8, 4) is 0 Å². The van der Waals surface area contributed by atoms with Crippen LogP contribution in [0.4, 0.5) is 24.5 Å². The van der Waals surface area contributed by atoms with Crippen molar-refractivity contribution in [2.75, 3.05) is 36.6 Å². The van der Waals surface area contributed by atoms with Crippen LogP contribution in [0.5, 0.6) is 0 Å². The Morgan fingerprint density at radius 2 is 1.78 bits per heavy atom. The number of hydrogen-bond acceptors (Lipinski definition) is 4. The Morgan fingerprint density at radius 1 is 1.11 bits per heavy atom. The normalized spacial score (nSPS) is 15.7. The molecule has 1 fully saturated rings. The molecule has 0 unspecified atom stereocenters. The fourth-order valence-electron chi connectivity index (χ4n) is 2.73. The van der Waals surface area contributed by atoms with E-state index in [2.05, 4.69) is 15.4 Å². The standard InChI is InChI=1S/C19H19ClF3N3O/c1-13(14-2-5-16(6-3-14)26-8-10-27-11-9-26)24-25-18-12-15(19(21,22)23)4-7-17(18)20/h2-7,12,25H,8-11H2,1H3/b24-13+. The van der Waals surface area contributed by atoms with Gasteiger partial charge in [-0.25, -0.2) is 0 Å². The molecular formula is C19H19ClF3N3O. The lowest BCUT2D eigenvalue weighted by Gasteiger charge is -2.28. The molecule has 1 aliphatic rings. The van der Waals surface area contributed by atoms with Crippen LogP contribution in [0.15, 0.2) is 47.6 Å². The molecule has 0 aliphatic carbocycles. The summed E-state index contributed by atoms with van der Waals surface area (Å²) in [7, 11) is 0. The highest BCUT2D eigenvalue weighted by molar-refractivity contribution is 6.33. The minimum absolute atomic E-state index is 0.107. The quantitative estimate of drug-likeness (QED) is 0.580. The summed E-state index contributed by atoms with van der Waals surface area (Å²) in [5.41, 5.74) is 4.56. The van der Waals surface area contributed by atoms with Crippen LogP contribution in [-0.2, 0) is 10.9 Å². The molecule has 1 heterocycles. The monoisotopic (exact) mass is 397 g/mol. The van der Waals surface area contributed by atoms with Crippen LogP contribution >= 0.6 is 11.6 Å². The van der Waals surface area contributed by atoms with E-state index in [0.29, 0.717) is 18.9 Å². The molecule has 144 valence electrons. The maximum atomic E-state index is 12.8. The summed E-state index contributed by atoms with van der Waals surface area (Å²) in [6.45, 7) is 4.90. The molecule has 8 heteroatoms. The van der Waals surface area contributed by atoms with Gasteiger partial charge in [-0.3, -0.25) is 5.43 Å². The maximum Gasteiger partial charge on any atom is 0.416 e. The molecule has 2 aromatic rings. The highest BCUT2D eigenvalue weighted by atomic mass is 35.5. The van der Waals surface area contributed by atoms with Crippen molar-refractivity contribution in [2.24, 2.45) is 5.10 Å². The molecule has 1 N–H and O–H groups in total. The van der Waals surface area contributed by atoms with Crippen LogP contribution in [0.2, 0.25) is 5.02 Å². The minimum atomic E-state index is -4.44. The summed E-state index contributed by atoms with van der Waals surface area (Å²) >= 11 is 5.97. The first-order valence-corrected chi connectivity index (χ1v) is 8.82. The molecule has 1 aliphatic heterocycles. The van der Waals surface area contributed by atoms with Crippen LogP contribution in [0.1, 0.15) is 18.1 Å². The summed E-state index contributed by atoms with van der Waals surface area (Å²) in [5, 5.41) is 4.34. The summed E-state index contributed by atoms with van der Waals surface area (Å²) < 4.78 is 43.9. The van der Waals surface area contributed by atoms with E-state index in [1.807, 2.05) is 24.3 Å². The lowest BCUT2D eigenvalue weighted by atomic mass is 10.1. The third-order valence-corrected chi connectivity index (χ3v) is 4.63. The Bertz CT molecular complexity index is 816. The molecule has 4 nitrogen and oxygen atoms in total. The predicted octanol–water partition coefficient (Wildman–Crippen LogP) is 5.03. The number of alkyl halides is 3. The third kappa shape index (κ3) is 4.93. The van der Waals surface area contributed by atoms with Crippen molar-refractivity contribution >= 4 is 28.7 Å². The first kappa shape index (κ1) is 19.5. The zero-order chi connectivity index (χ0) is 19.4. The molecule has 0 atom stereocenters. The first-order valence-electron chi connectivity index (χ1n) is 8.45. The number of hydrazone groups is 1. The number of halogens is 4. The van der Waals surface area contributed by atoms with Gasteiger partial charge in [0, 0.05) is 18.8 Å². The molecule has 0 bridgehead atoms. The molecule has 0 amide bonds. The number of rotatable bonds is 4. The molecule has 2 aromatic carbocycles. The van der Waals surface area contributed by atoms with Crippen molar-refractivity contribution < 1.29 is 17.9 Å². The van der Waals surface area contributed by atoms with Crippen molar-refractivity contribution in [1.29, 1.82) is 0 Å². The van der Waals surface area contributed by atoms with Gasteiger partial charge < -0.3 is 9.64 Å². The second-order valence-corrected chi connectivity index (χ2v) is 6.55. The van der Waals surface area contributed by atoms with Gasteiger partial charge in [0.1, 0.15) is 0 Å². The Kier molecular flexibility index (Phi) is 5.92. The van der Waals surface area contributed by atoms with Gasteiger partial charge in [-0.1, -0.05) is 23.7 Å². The lowest BCUT2D eigenvalue weighted by molar-refractivity contribution is -0.137. The van der Waals surface area contributed by atoms with Gasteiger partial charge in [0.15, 0.2) is 0 Å². The largest absolute Gasteiger partial charge is 0.416 e. The van der Waals surface area contributed by atoms with E-state index in [0.717, 1.165) is 36.5 Å². The Hall–Kier alpha value is -2.25. The highest BCUT2D eigenvalue weighted by Gasteiger charge is 2.30. The van der Waals surface area contributed by atoms with Crippen LogP contribution in [0, 0.1) is 0 Å². The number of anilines is 2. The fraction of sp³-hybridized carbons (Fsp3) is 0.316. The molecular weight excluding hydrogens is 379 g/mol. The summed E-state index contributed by atoms with van der Waals surface area (Å²) in [6, 6.07) is 10.9. The van der Waals surface area contributed by atoms with E-state index >= 15 is 0 Å². The zero-order valence-corrected chi connectivity index (χ0v) is 15.4. The molecule has 3 rings (SSSR count). The Labute approximate surface area is 160 Å². The second-order valence-electron chi connectivity index (χ2n) is 6.15. The van der Waals surface area contributed by atoms with Gasteiger partial charge in [-0.05, 0) is 42.8 Å². The number of morpholine rings is 1. The first-order chi connectivity index (χ1) is 12.8. The second kappa shape index (κ2) is 8.19. The van der Waals surface area contributed by atoms with E-state index in [4.69, 9.17) is 16.3 Å². The highest BCUT2D eigenvalue weighted by Crippen LogP contribution is 2.33. The van der Waals surface area contributed by atoms with E-state index in [9.17, 15) is 13.2 Å². The van der Waals surface area contributed by atoms with Crippen LogP contribution in [0.3, 0.4) is 0 Å². The fourth-order valence-corrected chi connectivity index (χ4v) is 2.89. The minimum Gasteiger partial charge on any atom is -0.378 e. The zero-order valence-electron chi connectivity index (χ0n) is 14.7. The molecule has 0 radical (unpaired) electrons. The molecule has 0 spiro atoms. The lowest BCUT2D eigenvalue weighted by Crippen LogP contribution is -2.36. The molecule has 0 saturated carbocycles. The maximum absolute atomic E-state index is 12.8. The summed E-state index contributed by atoms with van der Waals surface area (Å²) in [5.74, 6) is 0. The average Bonchev–Trinajstić information content (AvgIpc) is 2.67. The van der Waals surface area contributed by atoms with Crippen molar-refractivity contribution in [1.82, 2.24) is 0 Å². The SMILES string of the molecule is C/C(=N\Nc1cc(C(F)(F)F)ccc1Cl)c1ccc(N2CCOCC2)cc1. The van der Waals surface area contributed by atoms with Crippen molar-refractivity contribution in [2.45, 2.75) is 13.1 Å². The van der Waals surface area contributed by atoms with Gasteiger partial charge in [-0.15, -0.1) is 0 Å². The van der Waals surface area contributed by atoms with E-state index in [-0.39, 0.29) is 10.7 Å². The molecule has 27 heavy (non-hydrogen) atoms. The third-order valence-electron chi connectivity index (χ3n) is 4.30. The van der Waals surface area contributed by atoms with Crippen LogP contribution in [-0.4, -0.2) is 32.0 Å². The van der Waals surface area contributed by atoms with Gasteiger partial charge in [-0.2, -0.15) is 18.3 Å². The van der Waals surface area contributed by atoms with Gasteiger partial charge >= 0.3 is 6.18 Å². The van der Waals surface area contributed by atoms with Crippen LogP contribution in [0.25, 0.3) is 0 Å². The summed E-state index contributed by atoms with van der Waals surface area (Å²) in [4.78, 5) is 2.24. The van der Waals surface area contributed by atoms with Gasteiger partial charge in [0.05, 0.1) is 35.2 Å². The number of ether oxygens (including phenoxy) is 1. The average molecular weight is 398 g/mol. The molecule has 1 saturated heterocycles. The Morgan fingerprint density at radius 3 is 2.41 bits per heavy atom. The smallest absolute Gasteiger partial charge is 0.378 e. The topological polar surface area (TPSA) is 36.9 Å². The van der Waals surface area contributed by atoms with E-state index in [1.54, 1.807) is 6.92 Å². The predicted molar refractivity (Wildman–Crippen MR) is 102 cm³/mol. The molecule has 0 aromatic heterocycles. The summed E-state index contributed by atoms with van der Waals surface area (Å²) in [6.07, 6.45) is -4.44. The number of nitrogens with one attached hydrogen (secondary N) is 1. The number of hydrogen-bond donors (Lipinski definition) is 1. The number of benzene rings is 2. The van der Waals surface area contributed by atoms with Crippen molar-refractivity contribution in [3.63, 3.8) is 0 Å². The van der Waals surface area contributed by atoms with Gasteiger partial charge in [0.2, 0.25) is 0 Å². The Balaban J connectivity index is 1.72. The van der Waals surface area contributed by atoms with Crippen molar-refractivity contribution in [3.05, 3.63) is 58.6 Å². The van der Waals surface area contributed by atoms with Crippen LogP contribution < -0.4 is 10.3 Å². The van der Waals surface area contributed by atoms with E-state index < -0.39 is 11.7 Å². The van der Waals surface area contributed by atoms with Gasteiger partial charge in [0.25, 0.3) is 0 Å². The number of nitrogens with zero attached hydrogens (tertiary/aromatic N) is 2. The van der Waals surface area contributed by atoms with E-state index in [1.165, 1.54) is 6.07 Å².